The first-order valence-electron chi connectivity index (χ1n) is 8.55. The van der Waals surface area contributed by atoms with E-state index in [2.05, 4.69) is 40.1 Å². The number of amides is 1. The summed E-state index contributed by atoms with van der Waals surface area (Å²) in [6, 6.07) is 7.76. The number of anilines is 2. The Hall–Kier alpha value is -2.43. The minimum absolute atomic E-state index is 0.186. The van der Waals surface area contributed by atoms with E-state index in [9.17, 15) is 4.79 Å². The van der Waals surface area contributed by atoms with Gasteiger partial charge in [0.1, 0.15) is 5.69 Å². The van der Waals surface area contributed by atoms with Crippen LogP contribution in [0.4, 0.5) is 11.6 Å². The summed E-state index contributed by atoms with van der Waals surface area (Å²) in [6.07, 6.45) is 3.97. The third-order valence-corrected chi connectivity index (χ3v) is 4.43. The summed E-state index contributed by atoms with van der Waals surface area (Å²) in [6.45, 7) is 8.18. The molecule has 5 nitrogen and oxygen atoms in total. The van der Waals surface area contributed by atoms with Crippen molar-refractivity contribution in [2.75, 3.05) is 23.3 Å². The van der Waals surface area contributed by atoms with Gasteiger partial charge in [0.05, 0.1) is 0 Å². The van der Waals surface area contributed by atoms with E-state index >= 15 is 0 Å². The molecule has 1 aliphatic heterocycles. The lowest BCUT2D eigenvalue weighted by molar-refractivity contribution is 0.102. The number of hydrogen-bond acceptors (Lipinski definition) is 4. The molecule has 0 unspecified atom stereocenters. The molecule has 0 radical (unpaired) electrons. The van der Waals surface area contributed by atoms with Crippen LogP contribution in [-0.4, -0.2) is 29.0 Å². The van der Waals surface area contributed by atoms with Crippen molar-refractivity contribution in [3.63, 3.8) is 0 Å². The smallest absolute Gasteiger partial charge is 0.274 e. The fourth-order valence-corrected chi connectivity index (χ4v) is 3.06. The molecule has 0 atom stereocenters. The summed E-state index contributed by atoms with van der Waals surface area (Å²) in [4.78, 5) is 23.6. The van der Waals surface area contributed by atoms with Gasteiger partial charge in [0, 0.05) is 25.0 Å². The molecule has 1 aliphatic rings. The second kappa shape index (κ2) is 6.99. The van der Waals surface area contributed by atoms with Gasteiger partial charge in [0.15, 0.2) is 0 Å². The molecule has 1 aromatic carbocycles. The number of para-hydroxylation sites is 1. The van der Waals surface area contributed by atoms with Crippen molar-refractivity contribution in [3.8, 4) is 0 Å². The average Bonchev–Trinajstić information content (AvgIpc) is 3.11. The number of hydrogen-bond donors (Lipinski definition) is 1. The lowest BCUT2D eigenvalue weighted by Crippen LogP contribution is -2.23. The Morgan fingerprint density at radius 2 is 1.96 bits per heavy atom. The molecule has 126 valence electrons. The molecule has 0 saturated carbocycles. The van der Waals surface area contributed by atoms with Crippen LogP contribution in [0.5, 0.6) is 0 Å². The number of aryl methyl sites for hydroxylation is 1. The molecular weight excluding hydrogens is 300 g/mol. The van der Waals surface area contributed by atoms with E-state index in [4.69, 9.17) is 0 Å². The summed E-state index contributed by atoms with van der Waals surface area (Å²) in [5.41, 5.74) is 3.49. The largest absolute Gasteiger partial charge is 0.341 e. The zero-order chi connectivity index (χ0) is 17.1. The zero-order valence-electron chi connectivity index (χ0n) is 14.5. The highest BCUT2D eigenvalue weighted by atomic mass is 16.1. The van der Waals surface area contributed by atoms with Crippen LogP contribution in [0.3, 0.4) is 0 Å². The Labute approximate surface area is 143 Å². The molecule has 1 aromatic heterocycles. The molecule has 1 amide bonds. The van der Waals surface area contributed by atoms with Gasteiger partial charge in [-0.25, -0.2) is 9.97 Å². The van der Waals surface area contributed by atoms with Gasteiger partial charge in [-0.15, -0.1) is 0 Å². The summed E-state index contributed by atoms with van der Waals surface area (Å²) in [5, 5.41) is 3.05. The summed E-state index contributed by atoms with van der Waals surface area (Å²) in [5.74, 6) is 0.800. The summed E-state index contributed by atoms with van der Waals surface area (Å²) >= 11 is 0. The fourth-order valence-electron chi connectivity index (χ4n) is 3.06. The second-order valence-electron chi connectivity index (χ2n) is 6.58. The van der Waals surface area contributed by atoms with E-state index in [0.29, 0.717) is 17.6 Å². The van der Waals surface area contributed by atoms with Crippen LogP contribution in [-0.2, 0) is 0 Å². The molecule has 2 aromatic rings. The van der Waals surface area contributed by atoms with Crippen LogP contribution in [0.15, 0.2) is 30.5 Å². The highest BCUT2D eigenvalue weighted by molar-refractivity contribution is 6.03. The average molecular weight is 324 g/mol. The number of benzene rings is 1. The maximum Gasteiger partial charge on any atom is 0.274 e. The Balaban J connectivity index is 1.84. The number of nitrogens with zero attached hydrogens (tertiary/aromatic N) is 3. The van der Waals surface area contributed by atoms with Gasteiger partial charge in [-0.1, -0.05) is 32.0 Å². The molecule has 0 spiro atoms. The van der Waals surface area contributed by atoms with E-state index < -0.39 is 0 Å². The quantitative estimate of drug-likeness (QED) is 0.930. The van der Waals surface area contributed by atoms with Crippen molar-refractivity contribution in [1.82, 2.24) is 9.97 Å². The second-order valence-corrected chi connectivity index (χ2v) is 6.58. The molecule has 2 heterocycles. The van der Waals surface area contributed by atoms with E-state index in [1.807, 2.05) is 19.1 Å². The number of rotatable bonds is 4. The van der Waals surface area contributed by atoms with Crippen molar-refractivity contribution in [3.05, 3.63) is 47.3 Å². The van der Waals surface area contributed by atoms with Gasteiger partial charge in [0.2, 0.25) is 5.95 Å². The Bertz CT molecular complexity index is 736. The lowest BCUT2D eigenvalue weighted by Gasteiger charge is -2.17. The summed E-state index contributed by atoms with van der Waals surface area (Å²) < 4.78 is 0. The van der Waals surface area contributed by atoms with Crippen molar-refractivity contribution in [2.24, 2.45) is 0 Å². The van der Waals surface area contributed by atoms with E-state index in [-0.39, 0.29) is 5.91 Å². The van der Waals surface area contributed by atoms with Crippen LogP contribution in [0.1, 0.15) is 54.2 Å². The highest BCUT2D eigenvalue weighted by Crippen LogP contribution is 2.27. The first-order valence-corrected chi connectivity index (χ1v) is 8.55. The molecule has 0 aliphatic carbocycles. The lowest BCUT2D eigenvalue weighted by atomic mass is 9.98. The van der Waals surface area contributed by atoms with Crippen LogP contribution >= 0.6 is 0 Å². The predicted octanol–water partition coefficient (Wildman–Crippen LogP) is 3.76. The Kier molecular flexibility index (Phi) is 4.79. The van der Waals surface area contributed by atoms with Gasteiger partial charge >= 0.3 is 0 Å². The van der Waals surface area contributed by atoms with Crippen LogP contribution in [0.25, 0.3) is 0 Å². The summed E-state index contributed by atoms with van der Waals surface area (Å²) in [7, 11) is 0. The van der Waals surface area contributed by atoms with Gasteiger partial charge < -0.3 is 10.2 Å². The molecule has 24 heavy (non-hydrogen) atoms. The number of carbonyl (C=O) groups excluding carboxylic acids is 1. The van der Waals surface area contributed by atoms with Crippen molar-refractivity contribution >= 4 is 17.5 Å². The molecule has 3 rings (SSSR count). The molecule has 1 fully saturated rings. The molecule has 5 heteroatoms. The van der Waals surface area contributed by atoms with Gasteiger partial charge in [-0.05, 0) is 42.9 Å². The highest BCUT2D eigenvalue weighted by Gasteiger charge is 2.18. The first-order chi connectivity index (χ1) is 11.6. The molecule has 1 saturated heterocycles. The monoisotopic (exact) mass is 324 g/mol. The van der Waals surface area contributed by atoms with Crippen molar-refractivity contribution < 1.29 is 4.79 Å². The van der Waals surface area contributed by atoms with Gasteiger partial charge in [0.25, 0.3) is 5.91 Å². The van der Waals surface area contributed by atoms with Crippen LogP contribution in [0.2, 0.25) is 0 Å². The SMILES string of the molecule is Cc1cccc(C(C)C)c1NC(=O)c1ccnc(N2CCCC2)n1. The van der Waals surface area contributed by atoms with Gasteiger partial charge in [-0.3, -0.25) is 4.79 Å². The maximum atomic E-state index is 12.7. The van der Waals surface area contributed by atoms with Crippen LogP contribution in [0, 0.1) is 6.92 Å². The predicted molar refractivity (Wildman–Crippen MR) is 96.7 cm³/mol. The number of nitrogens with one attached hydrogen (secondary N) is 1. The van der Waals surface area contributed by atoms with Crippen molar-refractivity contribution in [2.45, 2.75) is 39.5 Å². The topological polar surface area (TPSA) is 58.1 Å². The first kappa shape index (κ1) is 16.4. The van der Waals surface area contributed by atoms with Crippen LogP contribution < -0.4 is 10.2 Å². The third kappa shape index (κ3) is 3.40. The van der Waals surface area contributed by atoms with Crippen molar-refractivity contribution in [1.29, 1.82) is 0 Å². The zero-order valence-corrected chi connectivity index (χ0v) is 14.5. The van der Waals surface area contributed by atoms with E-state index in [1.165, 1.54) is 0 Å². The van der Waals surface area contributed by atoms with E-state index in [1.54, 1.807) is 12.3 Å². The normalized spacial score (nSPS) is 14.2. The fraction of sp³-hybridized carbons (Fsp3) is 0.421. The Morgan fingerprint density at radius 3 is 2.67 bits per heavy atom. The maximum absolute atomic E-state index is 12.7. The molecular formula is C19H24N4O. The standard InChI is InChI=1S/C19H24N4O/c1-13(2)15-8-6-7-14(3)17(15)22-18(24)16-9-10-20-19(21-16)23-11-4-5-12-23/h6-10,13H,4-5,11-12H2,1-3H3,(H,22,24). The number of carbonyl (C=O) groups is 1. The molecule has 0 bridgehead atoms. The van der Waals surface area contributed by atoms with Gasteiger partial charge in [-0.2, -0.15) is 0 Å². The van der Waals surface area contributed by atoms with E-state index in [0.717, 1.165) is 42.7 Å². The number of aromatic nitrogens is 2. The third-order valence-electron chi connectivity index (χ3n) is 4.43. The minimum atomic E-state index is -0.186. The Morgan fingerprint density at radius 1 is 1.21 bits per heavy atom. The minimum Gasteiger partial charge on any atom is -0.341 e. The molecule has 1 N–H and O–H groups in total.